The number of benzene rings is 2. The van der Waals surface area contributed by atoms with Gasteiger partial charge in [-0.2, -0.15) is 0 Å². The van der Waals surface area contributed by atoms with E-state index >= 15 is 0 Å². The maximum Gasteiger partial charge on any atom is 0.269 e. The van der Waals surface area contributed by atoms with Crippen LogP contribution in [0.2, 0.25) is 5.02 Å². The molecule has 2 aromatic carbocycles. The summed E-state index contributed by atoms with van der Waals surface area (Å²) in [5, 5.41) is 12.1. The van der Waals surface area contributed by atoms with E-state index in [1.54, 1.807) is 40.3 Å². The average molecular weight is 462 g/mol. The van der Waals surface area contributed by atoms with Gasteiger partial charge in [0.05, 0.1) is 24.8 Å². The summed E-state index contributed by atoms with van der Waals surface area (Å²) in [6.45, 7) is 1.89. The zero-order valence-electron chi connectivity index (χ0n) is 17.3. The van der Waals surface area contributed by atoms with Crippen LogP contribution in [0.4, 0.5) is 5.69 Å². The Balaban J connectivity index is 1.86. The van der Waals surface area contributed by atoms with Crippen LogP contribution in [0.15, 0.2) is 36.4 Å². The molecule has 0 spiro atoms. The number of carbonyl (C=O) groups is 1. The Bertz CT molecular complexity index is 1150. The number of nitro benzene ring substituents is 1. The number of nitro groups is 1. The predicted octanol–water partition coefficient (Wildman–Crippen LogP) is 4.97. The highest BCUT2D eigenvalue weighted by Gasteiger charge is 2.22. The van der Waals surface area contributed by atoms with Gasteiger partial charge in [0.15, 0.2) is 11.5 Å². The Kier molecular flexibility index (Phi) is 6.77. The lowest BCUT2D eigenvalue weighted by atomic mass is 10.2. The van der Waals surface area contributed by atoms with E-state index in [2.05, 4.69) is 4.98 Å². The summed E-state index contributed by atoms with van der Waals surface area (Å²) in [7, 11) is 4.73. The maximum absolute atomic E-state index is 13.0. The first-order valence-corrected chi connectivity index (χ1v) is 10.3. The molecular formula is C21H20ClN3O5S. The number of carbonyl (C=O) groups excluding carboxylic acids is 1. The minimum Gasteiger partial charge on any atom is -0.493 e. The molecule has 0 N–H and O–H groups in total. The second kappa shape index (κ2) is 9.32. The lowest BCUT2D eigenvalue weighted by molar-refractivity contribution is -0.384. The van der Waals surface area contributed by atoms with Gasteiger partial charge in [0.2, 0.25) is 0 Å². The van der Waals surface area contributed by atoms with Crippen molar-refractivity contribution < 1.29 is 19.2 Å². The van der Waals surface area contributed by atoms with E-state index in [1.807, 2.05) is 6.07 Å². The average Bonchev–Trinajstić information content (AvgIpc) is 3.15. The molecule has 162 valence electrons. The number of halogens is 1. The van der Waals surface area contributed by atoms with E-state index in [4.69, 9.17) is 21.1 Å². The van der Waals surface area contributed by atoms with Crippen molar-refractivity contribution in [3.63, 3.8) is 0 Å². The van der Waals surface area contributed by atoms with Gasteiger partial charge in [0, 0.05) is 36.3 Å². The van der Waals surface area contributed by atoms with Gasteiger partial charge in [-0.05, 0) is 36.8 Å². The van der Waals surface area contributed by atoms with Crippen LogP contribution in [-0.2, 0) is 6.54 Å². The molecule has 0 saturated carbocycles. The lowest BCUT2D eigenvalue weighted by Gasteiger charge is -2.17. The third kappa shape index (κ3) is 4.78. The topological polar surface area (TPSA) is 94.8 Å². The lowest BCUT2D eigenvalue weighted by Crippen LogP contribution is -2.26. The smallest absolute Gasteiger partial charge is 0.269 e. The van der Waals surface area contributed by atoms with Crippen LogP contribution in [0.3, 0.4) is 0 Å². The molecule has 1 amide bonds. The predicted molar refractivity (Wildman–Crippen MR) is 119 cm³/mol. The van der Waals surface area contributed by atoms with Gasteiger partial charge in [0.25, 0.3) is 11.6 Å². The highest BCUT2D eigenvalue weighted by molar-refractivity contribution is 7.17. The Morgan fingerprint density at radius 3 is 2.55 bits per heavy atom. The van der Waals surface area contributed by atoms with Gasteiger partial charge in [-0.1, -0.05) is 11.6 Å². The van der Waals surface area contributed by atoms with Gasteiger partial charge in [-0.15, -0.1) is 11.3 Å². The second-order valence-corrected chi connectivity index (χ2v) is 8.10. The first-order valence-electron chi connectivity index (χ1n) is 9.13. The zero-order valence-corrected chi connectivity index (χ0v) is 18.9. The molecule has 3 aromatic rings. The summed E-state index contributed by atoms with van der Waals surface area (Å²) in [5.74, 6) is 0.923. The SMILES string of the molecule is COc1ccc(-c2nc(C)c(C(=O)N(C)Cc3cc([N+](=O)[O-])ccc3Cl)s2)cc1OC. The van der Waals surface area contributed by atoms with Crippen LogP contribution in [0, 0.1) is 17.0 Å². The number of methoxy groups -OCH3 is 2. The summed E-state index contributed by atoms with van der Waals surface area (Å²) in [6.07, 6.45) is 0. The number of nitrogens with zero attached hydrogens (tertiary/aromatic N) is 3. The number of thiazole rings is 1. The molecule has 1 heterocycles. The molecule has 0 radical (unpaired) electrons. The van der Waals surface area contributed by atoms with Gasteiger partial charge in [-0.25, -0.2) is 4.98 Å². The number of hydrogen-bond acceptors (Lipinski definition) is 7. The Labute approximate surface area is 188 Å². The fourth-order valence-corrected chi connectivity index (χ4v) is 4.22. The maximum atomic E-state index is 13.0. The molecule has 0 aliphatic rings. The molecule has 0 saturated heterocycles. The van der Waals surface area contributed by atoms with E-state index in [9.17, 15) is 14.9 Å². The first-order chi connectivity index (χ1) is 14.7. The van der Waals surface area contributed by atoms with Crippen molar-refractivity contribution in [3.05, 3.63) is 67.7 Å². The monoisotopic (exact) mass is 461 g/mol. The molecule has 0 aliphatic heterocycles. The number of rotatable bonds is 7. The molecule has 0 unspecified atom stereocenters. The van der Waals surface area contributed by atoms with E-state index in [1.165, 1.54) is 34.4 Å². The van der Waals surface area contributed by atoms with E-state index in [0.717, 1.165) is 5.56 Å². The number of non-ortho nitro benzene ring substituents is 1. The fraction of sp³-hybridized carbons (Fsp3) is 0.238. The fourth-order valence-electron chi connectivity index (χ4n) is 2.98. The van der Waals surface area contributed by atoms with Crippen molar-refractivity contribution in [2.24, 2.45) is 0 Å². The van der Waals surface area contributed by atoms with Crippen LogP contribution in [0.5, 0.6) is 11.5 Å². The molecule has 10 heteroatoms. The van der Waals surface area contributed by atoms with Gasteiger partial charge in [0.1, 0.15) is 9.88 Å². The highest BCUT2D eigenvalue weighted by atomic mass is 35.5. The normalized spacial score (nSPS) is 10.6. The first kappa shape index (κ1) is 22.5. The third-order valence-electron chi connectivity index (χ3n) is 4.62. The Morgan fingerprint density at radius 1 is 1.19 bits per heavy atom. The van der Waals surface area contributed by atoms with Crippen molar-refractivity contribution in [1.82, 2.24) is 9.88 Å². The Hall–Kier alpha value is -3.17. The molecule has 0 atom stereocenters. The van der Waals surface area contributed by atoms with E-state index in [0.29, 0.717) is 37.7 Å². The van der Waals surface area contributed by atoms with Crippen LogP contribution < -0.4 is 9.47 Å². The van der Waals surface area contributed by atoms with Crippen LogP contribution in [0.25, 0.3) is 10.6 Å². The minimum absolute atomic E-state index is 0.0787. The van der Waals surface area contributed by atoms with Gasteiger partial charge >= 0.3 is 0 Å². The molecule has 31 heavy (non-hydrogen) atoms. The standard InChI is InChI=1S/C21H20ClN3O5S/c1-12-19(31-20(23-12)13-5-8-17(29-3)18(10-13)30-4)21(26)24(2)11-14-9-15(25(27)28)6-7-16(14)22/h5-10H,11H2,1-4H3. The minimum atomic E-state index is -0.496. The van der Waals surface area contributed by atoms with E-state index < -0.39 is 4.92 Å². The van der Waals surface area contributed by atoms with Crippen molar-refractivity contribution in [1.29, 1.82) is 0 Å². The number of hydrogen-bond donors (Lipinski definition) is 0. The Morgan fingerprint density at radius 2 is 1.90 bits per heavy atom. The molecule has 8 nitrogen and oxygen atoms in total. The summed E-state index contributed by atoms with van der Waals surface area (Å²) < 4.78 is 10.6. The van der Waals surface area contributed by atoms with Crippen molar-refractivity contribution >= 4 is 34.5 Å². The molecular weight excluding hydrogens is 442 g/mol. The van der Waals surface area contributed by atoms with Crippen LogP contribution >= 0.6 is 22.9 Å². The molecule has 3 rings (SSSR count). The number of aromatic nitrogens is 1. The van der Waals surface area contributed by atoms with Crippen LogP contribution in [0.1, 0.15) is 20.9 Å². The van der Waals surface area contributed by atoms with E-state index in [-0.39, 0.29) is 18.1 Å². The van der Waals surface area contributed by atoms with Crippen molar-refractivity contribution in [2.75, 3.05) is 21.3 Å². The van der Waals surface area contributed by atoms with Gasteiger partial charge in [-0.3, -0.25) is 14.9 Å². The zero-order chi connectivity index (χ0) is 22.7. The molecule has 0 bridgehead atoms. The number of amides is 1. The number of ether oxygens (including phenoxy) is 2. The summed E-state index contributed by atoms with van der Waals surface area (Å²) in [4.78, 5) is 30.1. The second-order valence-electron chi connectivity index (χ2n) is 6.70. The molecule has 0 aliphatic carbocycles. The van der Waals surface area contributed by atoms with Crippen molar-refractivity contribution in [3.8, 4) is 22.1 Å². The van der Waals surface area contributed by atoms with Crippen LogP contribution in [-0.4, -0.2) is 42.0 Å². The molecule has 1 aromatic heterocycles. The third-order valence-corrected chi connectivity index (χ3v) is 6.18. The summed E-state index contributed by atoms with van der Waals surface area (Å²) >= 11 is 7.44. The van der Waals surface area contributed by atoms with Gasteiger partial charge < -0.3 is 14.4 Å². The molecule has 0 fully saturated rings. The quantitative estimate of drug-likeness (QED) is 0.364. The largest absolute Gasteiger partial charge is 0.493 e. The summed E-state index contributed by atoms with van der Waals surface area (Å²) in [5.41, 5.74) is 1.81. The van der Waals surface area contributed by atoms with Crippen molar-refractivity contribution in [2.45, 2.75) is 13.5 Å². The summed E-state index contributed by atoms with van der Waals surface area (Å²) in [6, 6.07) is 9.60. The highest BCUT2D eigenvalue weighted by Crippen LogP contribution is 2.35. The number of aryl methyl sites for hydroxylation is 1.